The Labute approximate surface area is 178 Å². The minimum Gasteiger partial charge on any atom is -0.416 e. The lowest BCUT2D eigenvalue weighted by atomic mass is 10.1. The van der Waals surface area contributed by atoms with Crippen LogP contribution in [-0.4, -0.2) is 21.1 Å². The molecule has 1 N–H and O–H groups in total. The Morgan fingerprint density at radius 1 is 0.839 bits per heavy atom. The normalized spacial score (nSPS) is 10.9. The van der Waals surface area contributed by atoms with E-state index in [1.165, 1.54) is 0 Å². The highest BCUT2D eigenvalue weighted by atomic mass is 16.4. The SMILES string of the molecule is Cc1ccc(-c2nnc(-c3ccc(C(=O)Nc4ccc5ncccc5c4)cc3)o2)cc1. The summed E-state index contributed by atoms with van der Waals surface area (Å²) < 4.78 is 5.80. The van der Waals surface area contributed by atoms with E-state index in [0.29, 0.717) is 23.0 Å². The molecule has 0 atom stereocenters. The van der Waals surface area contributed by atoms with E-state index in [9.17, 15) is 4.79 Å². The summed E-state index contributed by atoms with van der Waals surface area (Å²) in [6, 6.07) is 24.4. The Bertz CT molecular complexity index is 1370. The van der Waals surface area contributed by atoms with E-state index in [0.717, 1.165) is 27.6 Å². The molecule has 0 bridgehead atoms. The molecule has 0 spiro atoms. The molecular formula is C25H18N4O2. The van der Waals surface area contributed by atoms with Gasteiger partial charge in [-0.05, 0) is 67.6 Å². The van der Waals surface area contributed by atoms with Gasteiger partial charge in [0.25, 0.3) is 5.91 Å². The summed E-state index contributed by atoms with van der Waals surface area (Å²) in [7, 11) is 0. The molecule has 0 radical (unpaired) electrons. The first kappa shape index (κ1) is 18.7. The number of carbonyl (C=O) groups excluding carboxylic acids is 1. The second-order valence-corrected chi connectivity index (χ2v) is 7.22. The first-order valence-electron chi connectivity index (χ1n) is 9.83. The van der Waals surface area contributed by atoms with E-state index in [4.69, 9.17) is 4.42 Å². The zero-order valence-corrected chi connectivity index (χ0v) is 16.7. The Morgan fingerprint density at radius 2 is 1.52 bits per heavy atom. The quantitative estimate of drug-likeness (QED) is 0.425. The van der Waals surface area contributed by atoms with Crippen molar-refractivity contribution in [2.45, 2.75) is 6.92 Å². The van der Waals surface area contributed by atoms with Crippen molar-refractivity contribution in [2.75, 3.05) is 5.32 Å². The van der Waals surface area contributed by atoms with Gasteiger partial charge in [0, 0.05) is 34.0 Å². The summed E-state index contributed by atoms with van der Waals surface area (Å²) in [5, 5.41) is 12.2. The predicted octanol–water partition coefficient (Wildman–Crippen LogP) is 5.51. The topological polar surface area (TPSA) is 80.9 Å². The van der Waals surface area contributed by atoms with Crippen LogP contribution in [0.15, 0.2) is 89.5 Å². The van der Waals surface area contributed by atoms with Gasteiger partial charge in [-0.3, -0.25) is 9.78 Å². The van der Waals surface area contributed by atoms with Gasteiger partial charge in [-0.25, -0.2) is 0 Å². The van der Waals surface area contributed by atoms with Crippen molar-refractivity contribution in [1.29, 1.82) is 0 Å². The number of aryl methyl sites for hydroxylation is 1. The number of hydrogen-bond donors (Lipinski definition) is 1. The molecule has 5 aromatic rings. The number of aromatic nitrogens is 3. The fourth-order valence-corrected chi connectivity index (χ4v) is 3.27. The molecule has 2 heterocycles. The van der Waals surface area contributed by atoms with Gasteiger partial charge in [0.2, 0.25) is 11.8 Å². The molecule has 31 heavy (non-hydrogen) atoms. The molecule has 0 saturated heterocycles. The second-order valence-electron chi connectivity index (χ2n) is 7.22. The Kier molecular flexibility index (Phi) is 4.72. The summed E-state index contributed by atoms with van der Waals surface area (Å²) in [6.45, 7) is 2.03. The van der Waals surface area contributed by atoms with Crippen LogP contribution < -0.4 is 5.32 Å². The zero-order chi connectivity index (χ0) is 21.2. The lowest BCUT2D eigenvalue weighted by Gasteiger charge is -2.07. The van der Waals surface area contributed by atoms with E-state index in [2.05, 4.69) is 20.5 Å². The highest BCUT2D eigenvalue weighted by Crippen LogP contribution is 2.25. The monoisotopic (exact) mass is 406 g/mol. The average Bonchev–Trinajstić information content (AvgIpc) is 3.30. The van der Waals surface area contributed by atoms with Crippen LogP contribution in [0.25, 0.3) is 33.8 Å². The maximum Gasteiger partial charge on any atom is 0.255 e. The van der Waals surface area contributed by atoms with Crippen LogP contribution in [0.3, 0.4) is 0 Å². The number of fused-ring (bicyclic) bond motifs is 1. The van der Waals surface area contributed by atoms with E-state index in [1.54, 1.807) is 30.5 Å². The smallest absolute Gasteiger partial charge is 0.255 e. The summed E-state index contributed by atoms with van der Waals surface area (Å²) in [4.78, 5) is 16.9. The molecule has 0 saturated carbocycles. The van der Waals surface area contributed by atoms with Gasteiger partial charge >= 0.3 is 0 Å². The third-order valence-electron chi connectivity index (χ3n) is 4.98. The van der Waals surface area contributed by atoms with Crippen LogP contribution in [0.2, 0.25) is 0 Å². The highest BCUT2D eigenvalue weighted by Gasteiger charge is 2.12. The van der Waals surface area contributed by atoms with Crippen LogP contribution in [0.1, 0.15) is 15.9 Å². The predicted molar refractivity (Wildman–Crippen MR) is 120 cm³/mol. The number of nitrogens with one attached hydrogen (secondary N) is 1. The molecule has 5 rings (SSSR count). The third kappa shape index (κ3) is 3.91. The Morgan fingerprint density at radius 3 is 2.23 bits per heavy atom. The summed E-state index contributed by atoms with van der Waals surface area (Å²) in [5.74, 6) is 0.674. The summed E-state index contributed by atoms with van der Waals surface area (Å²) in [6.07, 6.45) is 1.75. The fourth-order valence-electron chi connectivity index (χ4n) is 3.27. The molecule has 0 unspecified atom stereocenters. The summed E-state index contributed by atoms with van der Waals surface area (Å²) >= 11 is 0. The van der Waals surface area contributed by atoms with Crippen molar-refractivity contribution in [2.24, 2.45) is 0 Å². The minimum atomic E-state index is -0.194. The van der Waals surface area contributed by atoms with Crippen LogP contribution in [0, 0.1) is 6.92 Å². The van der Waals surface area contributed by atoms with E-state index in [-0.39, 0.29) is 5.91 Å². The lowest BCUT2D eigenvalue weighted by Crippen LogP contribution is -2.11. The molecule has 0 aliphatic rings. The highest BCUT2D eigenvalue weighted by molar-refractivity contribution is 6.05. The maximum atomic E-state index is 12.6. The van der Waals surface area contributed by atoms with Crippen molar-refractivity contribution in [1.82, 2.24) is 15.2 Å². The molecule has 0 aliphatic carbocycles. The number of benzene rings is 3. The van der Waals surface area contributed by atoms with Crippen molar-refractivity contribution in [3.63, 3.8) is 0 Å². The van der Waals surface area contributed by atoms with Crippen LogP contribution in [-0.2, 0) is 0 Å². The molecule has 0 aliphatic heterocycles. The van der Waals surface area contributed by atoms with Crippen molar-refractivity contribution >= 4 is 22.5 Å². The molecule has 1 amide bonds. The van der Waals surface area contributed by atoms with Crippen molar-refractivity contribution in [3.05, 3.63) is 96.2 Å². The number of amides is 1. The number of anilines is 1. The van der Waals surface area contributed by atoms with Crippen molar-refractivity contribution in [3.8, 4) is 22.9 Å². The standard InChI is InChI=1S/C25H18N4O2/c1-16-4-6-18(7-5-16)24-28-29-25(31-24)19-10-8-17(9-11-19)23(30)27-21-12-13-22-20(15-21)3-2-14-26-22/h2-15H,1H3,(H,27,30). The number of rotatable bonds is 4. The number of hydrogen-bond acceptors (Lipinski definition) is 5. The molecule has 2 aromatic heterocycles. The van der Waals surface area contributed by atoms with Gasteiger partial charge in [-0.1, -0.05) is 23.8 Å². The van der Waals surface area contributed by atoms with Gasteiger partial charge in [0.1, 0.15) is 0 Å². The first-order chi connectivity index (χ1) is 15.2. The third-order valence-corrected chi connectivity index (χ3v) is 4.98. The Hall–Kier alpha value is -4.32. The van der Waals surface area contributed by atoms with Gasteiger partial charge in [0.15, 0.2) is 0 Å². The van der Waals surface area contributed by atoms with E-state index < -0.39 is 0 Å². The van der Waals surface area contributed by atoms with Crippen LogP contribution in [0.4, 0.5) is 5.69 Å². The first-order valence-corrected chi connectivity index (χ1v) is 9.83. The average molecular weight is 406 g/mol. The zero-order valence-electron chi connectivity index (χ0n) is 16.7. The molecule has 0 fully saturated rings. The molecule has 6 heteroatoms. The van der Waals surface area contributed by atoms with Crippen molar-refractivity contribution < 1.29 is 9.21 Å². The van der Waals surface area contributed by atoms with E-state index >= 15 is 0 Å². The van der Waals surface area contributed by atoms with Crippen LogP contribution >= 0.6 is 0 Å². The van der Waals surface area contributed by atoms with E-state index in [1.807, 2.05) is 61.5 Å². The molecule has 3 aromatic carbocycles. The maximum absolute atomic E-state index is 12.6. The van der Waals surface area contributed by atoms with Gasteiger partial charge in [-0.15, -0.1) is 10.2 Å². The van der Waals surface area contributed by atoms with Gasteiger partial charge < -0.3 is 9.73 Å². The molecule has 6 nitrogen and oxygen atoms in total. The number of carbonyl (C=O) groups is 1. The largest absolute Gasteiger partial charge is 0.416 e. The minimum absolute atomic E-state index is 0.194. The summed E-state index contributed by atoms with van der Waals surface area (Å²) in [5.41, 5.74) is 4.92. The van der Waals surface area contributed by atoms with Crippen LogP contribution in [0.5, 0.6) is 0 Å². The fraction of sp³-hybridized carbons (Fsp3) is 0.0400. The second kappa shape index (κ2) is 7.84. The lowest BCUT2D eigenvalue weighted by molar-refractivity contribution is 0.102. The molecule has 150 valence electrons. The molecular weight excluding hydrogens is 388 g/mol. The van der Waals surface area contributed by atoms with Gasteiger partial charge in [-0.2, -0.15) is 0 Å². The van der Waals surface area contributed by atoms with Gasteiger partial charge in [0.05, 0.1) is 5.52 Å². The number of pyridine rings is 1. The number of nitrogens with zero attached hydrogens (tertiary/aromatic N) is 3. The Balaban J connectivity index is 1.32.